The van der Waals surface area contributed by atoms with Gasteiger partial charge in [0, 0.05) is 23.4 Å². The average Bonchev–Trinajstić information content (AvgIpc) is 3.18. The van der Waals surface area contributed by atoms with Crippen molar-refractivity contribution in [2.45, 2.75) is 38.6 Å². The molecule has 0 fully saturated rings. The Morgan fingerprint density at radius 1 is 1.27 bits per heavy atom. The minimum absolute atomic E-state index is 0.120. The summed E-state index contributed by atoms with van der Waals surface area (Å²) in [6.07, 6.45) is 8.64. The van der Waals surface area contributed by atoms with Crippen LogP contribution in [0.2, 0.25) is 0 Å². The van der Waals surface area contributed by atoms with Crippen LogP contribution < -0.4 is 10.2 Å². The molecule has 1 aliphatic rings. The summed E-state index contributed by atoms with van der Waals surface area (Å²) >= 11 is 3.46. The molecule has 0 unspecified atom stereocenters. The molecule has 1 atom stereocenters. The number of fused-ring (bicyclic) bond motifs is 1. The Bertz CT molecular complexity index is 1040. The number of anilines is 1. The quantitative estimate of drug-likeness (QED) is 0.557. The van der Waals surface area contributed by atoms with Crippen molar-refractivity contribution in [1.29, 1.82) is 0 Å². The summed E-state index contributed by atoms with van der Waals surface area (Å²) in [4.78, 5) is 19.2. The standard InChI is InChI=1S/C22H23BrFN5O/c1-2-4-19(15-11-16(23)13-25-12-15)27-22(30)28-10-3-5-20-21(28)14-26-29(20)18-8-6-17(24)7-9-18/h6-9,11-14,19H,2-5,10H2,1H3,(H,27,30)/t19-/m0/s1. The second-order valence-electron chi connectivity index (χ2n) is 7.35. The van der Waals surface area contributed by atoms with E-state index in [9.17, 15) is 9.18 Å². The zero-order valence-corrected chi connectivity index (χ0v) is 18.3. The van der Waals surface area contributed by atoms with Crippen LogP contribution in [-0.2, 0) is 6.42 Å². The maximum absolute atomic E-state index is 13.3. The largest absolute Gasteiger partial charge is 0.331 e. The molecule has 6 nitrogen and oxygen atoms in total. The number of hydrogen-bond donors (Lipinski definition) is 1. The molecule has 4 rings (SSSR count). The highest BCUT2D eigenvalue weighted by atomic mass is 79.9. The number of rotatable bonds is 5. The number of halogens is 2. The topological polar surface area (TPSA) is 63.1 Å². The van der Waals surface area contributed by atoms with Crippen LogP contribution in [-0.4, -0.2) is 27.3 Å². The fourth-order valence-corrected chi connectivity index (χ4v) is 4.20. The van der Waals surface area contributed by atoms with Crippen LogP contribution in [0.15, 0.2) is 53.4 Å². The predicted octanol–water partition coefficient (Wildman–Crippen LogP) is 5.17. The van der Waals surface area contributed by atoms with Gasteiger partial charge in [0.2, 0.25) is 0 Å². The molecule has 2 amide bonds. The molecule has 0 radical (unpaired) electrons. The summed E-state index contributed by atoms with van der Waals surface area (Å²) in [5, 5.41) is 7.64. The summed E-state index contributed by atoms with van der Waals surface area (Å²) in [5.41, 5.74) is 3.51. The maximum atomic E-state index is 13.3. The van der Waals surface area contributed by atoms with E-state index in [1.54, 1.807) is 40.3 Å². The van der Waals surface area contributed by atoms with Crippen molar-refractivity contribution < 1.29 is 9.18 Å². The third-order valence-electron chi connectivity index (χ3n) is 5.25. The summed E-state index contributed by atoms with van der Waals surface area (Å²) in [6, 6.07) is 7.94. The van der Waals surface area contributed by atoms with E-state index >= 15 is 0 Å². The molecular formula is C22H23BrFN5O. The van der Waals surface area contributed by atoms with Crippen molar-refractivity contribution in [1.82, 2.24) is 20.1 Å². The minimum Gasteiger partial charge on any atom is -0.331 e. The van der Waals surface area contributed by atoms with Crippen molar-refractivity contribution in [3.63, 3.8) is 0 Å². The smallest absolute Gasteiger partial charge is 0.322 e. The molecule has 30 heavy (non-hydrogen) atoms. The Hall–Kier alpha value is -2.74. The van der Waals surface area contributed by atoms with E-state index < -0.39 is 0 Å². The molecule has 1 N–H and O–H groups in total. The van der Waals surface area contributed by atoms with E-state index in [0.29, 0.717) is 6.54 Å². The Balaban J connectivity index is 1.58. The number of amides is 2. The van der Waals surface area contributed by atoms with Crippen molar-refractivity contribution >= 4 is 27.6 Å². The number of pyridine rings is 1. The summed E-state index contributed by atoms with van der Waals surface area (Å²) in [5.74, 6) is -0.287. The van der Waals surface area contributed by atoms with Gasteiger partial charge in [-0.2, -0.15) is 5.10 Å². The Morgan fingerprint density at radius 3 is 2.80 bits per heavy atom. The third kappa shape index (κ3) is 4.23. The van der Waals surface area contributed by atoms with Gasteiger partial charge in [-0.05, 0) is 71.1 Å². The number of hydrogen-bond acceptors (Lipinski definition) is 3. The highest BCUT2D eigenvalue weighted by Crippen LogP contribution is 2.30. The molecule has 3 aromatic rings. The van der Waals surface area contributed by atoms with Crippen LogP contribution in [0, 0.1) is 5.82 Å². The van der Waals surface area contributed by atoms with E-state index in [0.717, 1.165) is 52.8 Å². The lowest BCUT2D eigenvalue weighted by atomic mass is 10.0. The molecule has 8 heteroatoms. The highest BCUT2D eigenvalue weighted by Gasteiger charge is 2.28. The van der Waals surface area contributed by atoms with Gasteiger partial charge in [0.1, 0.15) is 5.82 Å². The monoisotopic (exact) mass is 471 g/mol. The number of aromatic nitrogens is 3. The van der Waals surface area contributed by atoms with Gasteiger partial charge in [-0.1, -0.05) is 13.3 Å². The van der Waals surface area contributed by atoms with Crippen LogP contribution in [0.25, 0.3) is 5.69 Å². The van der Waals surface area contributed by atoms with E-state index in [-0.39, 0.29) is 17.9 Å². The van der Waals surface area contributed by atoms with E-state index in [1.807, 2.05) is 6.07 Å². The number of carbonyl (C=O) groups is 1. The molecule has 0 spiro atoms. The number of carbonyl (C=O) groups excluding carboxylic acids is 1. The zero-order chi connectivity index (χ0) is 21.1. The van der Waals surface area contributed by atoms with Gasteiger partial charge in [-0.15, -0.1) is 0 Å². The number of nitrogens with one attached hydrogen (secondary N) is 1. The summed E-state index contributed by atoms with van der Waals surface area (Å²) in [7, 11) is 0. The SMILES string of the molecule is CCC[C@H](NC(=O)N1CCCc2c1cnn2-c1ccc(F)cc1)c1cncc(Br)c1. The van der Waals surface area contributed by atoms with E-state index in [1.165, 1.54) is 12.1 Å². The number of nitrogens with zero attached hydrogens (tertiary/aromatic N) is 4. The first-order chi connectivity index (χ1) is 14.6. The van der Waals surface area contributed by atoms with Gasteiger partial charge < -0.3 is 5.32 Å². The molecule has 1 aromatic carbocycles. The van der Waals surface area contributed by atoms with E-state index in [2.05, 4.69) is 38.3 Å². The lowest BCUT2D eigenvalue weighted by Crippen LogP contribution is -2.44. The lowest BCUT2D eigenvalue weighted by molar-refractivity contribution is 0.241. The average molecular weight is 472 g/mol. The molecule has 3 heterocycles. The highest BCUT2D eigenvalue weighted by molar-refractivity contribution is 9.10. The fourth-order valence-electron chi connectivity index (χ4n) is 3.82. The molecule has 1 aliphatic heterocycles. The van der Waals surface area contributed by atoms with Gasteiger partial charge in [0.15, 0.2) is 0 Å². The van der Waals surface area contributed by atoms with E-state index in [4.69, 9.17) is 0 Å². The molecule has 0 saturated carbocycles. The van der Waals surface area contributed by atoms with Crippen LogP contribution in [0.1, 0.15) is 43.5 Å². The number of benzene rings is 1. The molecule has 0 saturated heterocycles. The zero-order valence-electron chi connectivity index (χ0n) is 16.7. The fraction of sp³-hybridized carbons (Fsp3) is 0.318. The molecule has 2 aromatic heterocycles. The maximum Gasteiger partial charge on any atom is 0.322 e. The first kappa shape index (κ1) is 20.5. The summed E-state index contributed by atoms with van der Waals surface area (Å²) < 4.78 is 16.0. The second kappa shape index (κ2) is 8.95. The van der Waals surface area contributed by atoms with Gasteiger partial charge in [-0.25, -0.2) is 13.9 Å². The van der Waals surface area contributed by atoms with Crippen LogP contribution >= 0.6 is 15.9 Å². The van der Waals surface area contributed by atoms with Gasteiger partial charge in [-0.3, -0.25) is 9.88 Å². The normalized spacial score (nSPS) is 14.3. The van der Waals surface area contributed by atoms with Crippen LogP contribution in [0.4, 0.5) is 14.9 Å². The Kier molecular flexibility index (Phi) is 6.13. The first-order valence-electron chi connectivity index (χ1n) is 10.1. The van der Waals surface area contributed by atoms with Crippen molar-refractivity contribution in [3.8, 4) is 5.69 Å². The van der Waals surface area contributed by atoms with Crippen molar-refractivity contribution in [3.05, 3.63) is 70.5 Å². The minimum atomic E-state index is -0.287. The Labute approximate surface area is 183 Å². The van der Waals surface area contributed by atoms with Gasteiger partial charge in [0.25, 0.3) is 0 Å². The third-order valence-corrected chi connectivity index (χ3v) is 5.69. The molecule has 0 bridgehead atoms. The molecule has 156 valence electrons. The van der Waals surface area contributed by atoms with Crippen LogP contribution in [0.5, 0.6) is 0 Å². The van der Waals surface area contributed by atoms with Gasteiger partial charge >= 0.3 is 6.03 Å². The van der Waals surface area contributed by atoms with Crippen LogP contribution in [0.3, 0.4) is 0 Å². The Morgan fingerprint density at radius 2 is 2.07 bits per heavy atom. The molecular weight excluding hydrogens is 449 g/mol. The second-order valence-corrected chi connectivity index (χ2v) is 8.26. The first-order valence-corrected chi connectivity index (χ1v) is 10.9. The van der Waals surface area contributed by atoms with Gasteiger partial charge in [0.05, 0.1) is 29.3 Å². The number of urea groups is 1. The van der Waals surface area contributed by atoms with Crippen molar-refractivity contribution in [2.75, 3.05) is 11.4 Å². The summed E-state index contributed by atoms with van der Waals surface area (Å²) in [6.45, 7) is 2.72. The predicted molar refractivity (Wildman–Crippen MR) is 117 cm³/mol. The van der Waals surface area contributed by atoms with Crippen molar-refractivity contribution in [2.24, 2.45) is 0 Å². The molecule has 0 aliphatic carbocycles. The lowest BCUT2D eigenvalue weighted by Gasteiger charge is -2.29.